The quantitative estimate of drug-likeness (QED) is 0.206. The van der Waals surface area contributed by atoms with Gasteiger partial charge in [0, 0.05) is 19.4 Å². The van der Waals surface area contributed by atoms with Gasteiger partial charge in [0.25, 0.3) is 0 Å². The summed E-state index contributed by atoms with van der Waals surface area (Å²) in [7, 11) is -9.39. The van der Waals surface area contributed by atoms with Crippen LogP contribution in [0, 0.1) is 12.8 Å². The number of hydrogen-bond donors (Lipinski definition) is 4. The van der Waals surface area contributed by atoms with Crippen molar-refractivity contribution in [1.29, 1.82) is 0 Å². The molecule has 0 aliphatic carbocycles. The Labute approximate surface area is 218 Å². The van der Waals surface area contributed by atoms with Gasteiger partial charge in [-0.15, -0.1) is 0 Å². The third-order valence-corrected chi connectivity index (χ3v) is 9.37. The second-order valence-electron chi connectivity index (χ2n) is 9.02. The molecule has 16 heteroatoms. The molecule has 0 saturated carbocycles. The van der Waals surface area contributed by atoms with Gasteiger partial charge in [0.15, 0.2) is 35.2 Å². The SMILES string of the molecule is CC(=O)O[C@@H]1[C@H](C)[C@@H](COP(=O)(O)CP(=O)(O)O)O[C@H]1n1cnc2c(NCc3ccccc3)nc(C)nc21. The first kappa shape index (κ1) is 28.3. The predicted octanol–water partition coefficient (Wildman–Crippen LogP) is 2.55. The lowest BCUT2D eigenvalue weighted by molar-refractivity contribution is -0.153. The summed E-state index contributed by atoms with van der Waals surface area (Å²) in [4.78, 5) is 53.3. The van der Waals surface area contributed by atoms with Gasteiger partial charge in [-0.2, -0.15) is 0 Å². The molecule has 4 rings (SSSR count). The van der Waals surface area contributed by atoms with E-state index in [9.17, 15) is 18.8 Å². The Kier molecular flexibility index (Phi) is 8.34. The Balaban J connectivity index is 1.60. The van der Waals surface area contributed by atoms with Crippen molar-refractivity contribution in [3.8, 4) is 0 Å². The van der Waals surface area contributed by atoms with Crippen LogP contribution in [0.3, 0.4) is 0 Å². The largest absolute Gasteiger partial charge is 0.457 e. The van der Waals surface area contributed by atoms with Gasteiger partial charge in [-0.05, 0) is 12.5 Å². The molecule has 1 unspecified atom stereocenters. The second kappa shape index (κ2) is 11.2. The average molecular weight is 569 g/mol. The zero-order valence-electron chi connectivity index (χ0n) is 20.9. The fraction of sp³-hybridized carbons (Fsp3) is 0.455. The summed E-state index contributed by atoms with van der Waals surface area (Å²) in [5.74, 6) is -1.44. The Morgan fingerprint density at radius 1 is 1.18 bits per heavy atom. The van der Waals surface area contributed by atoms with Crippen LogP contribution in [-0.4, -0.2) is 64.9 Å². The molecule has 1 aliphatic rings. The summed E-state index contributed by atoms with van der Waals surface area (Å²) < 4.78 is 41.5. The Morgan fingerprint density at radius 2 is 1.89 bits per heavy atom. The molecule has 2 aromatic heterocycles. The summed E-state index contributed by atoms with van der Waals surface area (Å²) in [6, 6.07) is 9.74. The number of nitrogens with zero attached hydrogens (tertiary/aromatic N) is 4. The fourth-order valence-corrected chi connectivity index (χ4v) is 6.77. The molecule has 3 aromatic rings. The number of carbonyl (C=O) groups excluding carboxylic acids is 1. The first-order chi connectivity index (χ1) is 17.8. The number of hydrogen-bond acceptors (Lipinski definition) is 10. The van der Waals surface area contributed by atoms with E-state index in [-0.39, 0.29) is 0 Å². The van der Waals surface area contributed by atoms with E-state index in [0.717, 1.165) is 5.56 Å². The third kappa shape index (κ3) is 6.83. The van der Waals surface area contributed by atoms with E-state index in [0.29, 0.717) is 29.4 Å². The number of rotatable bonds is 10. The van der Waals surface area contributed by atoms with E-state index >= 15 is 0 Å². The molecule has 1 aliphatic heterocycles. The van der Waals surface area contributed by atoms with Gasteiger partial charge >= 0.3 is 21.2 Å². The number of aromatic nitrogens is 4. The average Bonchev–Trinajstić information content (AvgIpc) is 3.36. The highest BCUT2D eigenvalue weighted by molar-refractivity contribution is 7.70. The highest BCUT2D eigenvalue weighted by Gasteiger charge is 2.47. The van der Waals surface area contributed by atoms with E-state index in [1.807, 2.05) is 30.3 Å². The number of anilines is 1. The van der Waals surface area contributed by atoms with Crippen LogP contribution >= 0.6 is 15.2 Å². The van der Waals surface area contributed by atoms with Gasteiger partial charge in [0.05, 0.1) is 19.0 Å². The van der Waals surface area contributed by atoms with Crippen LogP contribution in [0.1, 0.15) is 31.5 Å². The van der Waals surface area contributed by atoms with Crippen LogP contribution in [0.4, 0.5) is 5.82 Å². The minimum absolute atomic E-state index is 0.415. The standard InChI is InChI=1S/C22H29N5O9P2/c1-13-17(10-34-38(32,33)12-37(29,30)31)36-22(19(13)35-15(3)28)27-11-24-18-20(25-14(2)26-21(18)27)23-9-16-7-5-4-6-8-16/h4-8,11,13,17,19,22H,9-10,12H2,1-3H3,(H,32,33)(H,23,25,26)(H2,29,30,31)/t13-,17-,19-,22-/m1/s1. The lowest BCUT2D eigenvalue weighted by Gasteiger charge is -2.22. The van der Waals surface area contributed by atoms with Crippen LogP contribution in [0.25, 0.3) is 11.2 Å². The molecule has 0 spiro atoms. The van der Waals surface area contributed by atoms with Crippen molar-refractivity contribution >= 4 is 38.1 Å². The van der Waals surface area contributed by atoms with E-state index in [2.05, 4.69) is 20.3 Å². The third-order valence-electron chi connectivity index (χ3n) is 5.92. The van der Waals surface area contributed by atoms with Crippen LogP contribution in [0.15, 0.2) is 36.7 Å². The maximum atomic E-state index is 12.1. The summed E-state index contributed by atoms with van der Waals surface area (Å²) in [5.41, 5.74) is 1.92. The zero-order chi connectivity index (χ0) is 27.7. The van der Waals surface area contributed by atoms with E-state index in [4.69, 9.17) is 23.8 Å². The number of nitrogens with one attached hydrogen (secondary N) is 1. The van der Waals surface area contributed by atoms with Crippen molar-refractivity contribution in [3.05, 3.63) is 48.0 Å². The van der Waals surface area contributed by atoms with Crippen LogP contribution < -0.4 is 5.32 Å². The fourth-order valence-electron chi connectivity index (χ4n) is 4.20. The first-order valence-electron chi connectivity index (χ1n) is 11.7. The molecule has 3 heterocycles. The van der Waals surface area contributed by atoms with Crippen molar-refractivity contribution in [2.24, 2.45) is 5.92 Å². The van der Waals surface area contributed by atoms with Crippen molar-refractivity contribution in [2.45, 2.75) is 45.8 Å². The minimum Gasteiger partial charge on any atom is -0.457 e. The van der Waals surface area contributed by atoms with Gasteiger partial charge in [-0.3, -0.25) is 18.5 Å². The highest BCUT2D eigenvalue weighted by Crippen LogP contribution is 2.55. The minimum atomic E-state index is -4.79. The normalized spacial score (nSPS) is 23.3. The second-order valence-corrected chi connectivity index (χ2v) is 13.0. The number of aryl methyl sites for hydroxylation is 1. The molecule has 0 amide bonds. The van der Waals surface area contributed by atoms with Gasteiger partial charge < -0.3 is 34.0 Å². The van der Waals surface area contributed by atoms with Gasteiger partial charge in [-0.25, -0.2) is 15.0 Å². The summed E-state index contributed by atoms with van der Waals surface area (Å²) in [6.45, 7) is 4.72. The van der Waals surface area contributed by atoms with E-state index in [1.165, 1.54) is 13.3 Å². The lowest BCUT2D eigenvalue weighted by atomic mass is 10.0. The van der Waals surface area contributed by atoms with Gasteiger partial charge in [0.1, 0.15) is 5.82 Å². The first-order valence-corrected chi connectivity index (χ1v) is 15.2. The van der Waals surface area contributed by atoms with Crippen LogP contribution in [-0.2, 0) is 34.5 Å². The molecule has 206 valence electrons. The molecule has 38 heavy (non-hydrogen) atoms. The molecule has 1 fully saturated rings. The van der Waals surface area contributed by atoms with Crippen molar-refractivity contribution in [3.63, 3.8) is 0 Å². The van der Waals surface area contributed by atoms with Crippen molar-refractivity contribution < 1.29 is 42.6 Å². The Bertz CT molecular complexity index is 1400. The summed E-state index contributed by atoms with van der Waals surface area (Å²) in [6.07, 6.45) is -1.12. The number of benzene rings is 1. The van der Waals surface area contributed by atoms with Crippen molar-refractivity contribution in [1.82, 2.24) is 19.5 Å². The maximum Gasteiger partial charge on any atom is 0.340 e. The Hall–Kier alpha value is -2.70. The lowest BCUT2D eigenvalue weighted by Crippen LogP contribution is -2.30. The smallest absolute Gasteiger partial charge is 0.340 e. The topological polar surface area (TPSA) is 195 Å². The zero-order valence-corrected chi connectivity index (χ0v) is 22.7. The van der Waals surface area contributed by atoms with Gasteiger partial charge in [0.2, 0.25) is 0 Å². The molecule has 4 N–H and O–H groups in total. The molecule has 1 aromatic carbocycles. The molecular formula is C22H29N5O9P2. The number of esters is 1. The van der Waals surface area contributed by atoms with E-state index in [1.54, 1.807) is 18.4 Å². The molecule has 0 bridgehead atoms. The number of imidazole rings is 1. The molecular weight excluding hydrogens is 540 g/mol. The van der Waals surface area contributed by atoms with E-state index < -0.39 is 58.0 Å². The molecule has 1 saturated heterocycles. The maximum absolute atomic E-state index is 12.1. The van der Waals surface area contributed by atoms with Crippen LogP contribution in [0.5, 0.6) is 0 Å². The van der Waals surface area contributed by atoms with Gasteiger partial charge in [-0.1, -0.05) is 37.3 Å². The molecule has 0 radical (unpaired) electrons. The highest BCUT2D eigenvalue weighted by atomic mass is 31.2. The van der Waals surface area contributed by atoms with Crippen LogP contribution in [0.2, 0.25) is 0 Å². The number of carbonyl (C=O) groups is 1. The number of ether oxygens (including phenoxy) is 2. The predicted molar refractivity (Wildman–Crippen MR) is 135 cm³/mol. The Morgan fingerprint density at radius 3 is 2.55 bits per heavy atom. The summed E-state index contributed by atoms with van der Waals surface area (Å²) in [5, 5.41) is 3.27. The molecule has 14 nitrogen and oxygen atoms in total. The number of fused-ring (bicyclic) bond motifs is 1. The van der Waals surface area contributed by atoms with Crippen molar-refractivity contribution in [2.75, 3.05) is 17.8 Å². The summed E-state index contributed by atoms with van der Waals surface area (Å²) >= 11 is 0. The molecule has 5 atom stereocenters. The monoisotopic (exact) mass is 569 g/mol.